The van der Waals surface area contributed by atoms with E-state index in [1.54, 1.807) is 0 Å². The summed E-state index contributed by atoms with van der Waals surface area (Å²) in [5.74, 6) is -5.11. The highest BCUT2D eigenvalue weighted by Gasteiger charge is 2.55. The highest BCUT2D eigenvalue weighted by Crippen LogP contribution is 2.48. The molecule has 3 rings (SSSR count). The molecule has 0 amide bonds. The molecule has 0 heterocycles. The summed E-state index contributed by atoms with van der Waals surface area (Å²) in [7, 11) is -4.34. The van der Waals surface area contributed by atoms with Crippen LogP contribution in [0, 0.1) is 26.8 Å². The Balaban J connectivity index is 2.02. The largest absolute Gasteiger partial charge is 0.394 e. The zero-order valence-corrected chi connectivity index (χ0v) is 18.4. The Kier molecular flexibility index (Phi) is 6.65. The lowest BCUT2D eigenvalue weighted by molar-refractivity contribution is 0.0858. The van der Waals surface area contributed by atoms with Crippen LogP contribution >= 0.6 is 22.6 Å². The number of halogens is 5. The summed E-state index contributed by atoms with van der Waals surface area (Å²) in [6, 6.07) is 4.20. The van der Waals surface area contributed by atoms with Crippen LogP contribution in [-0.4, -0.2) is 36.1 Å². The average Bonchev–Trinajstić information content (AvgIpc) is 3.45. The molecule has 1 saturated carbocycles. The van der Waals surface area contributed by atoms with E-state index >= 15 is 0 Å². The van der Waals surface area contributed by atoms with Gasteiger partial charge in [-0.25, -0.2) is 26.0 Å². The van der Waals surface area contributed by atoms with E-state index in [1.807, 2.05) is 27.3 Å². The number of benzene rings is 2. The summed E-state index contributed by atoms with van der Waals surface area (Å²) in [5.41, 5.74) is -1.55. The van der Waals surface area contributed by atoms with E-state index in [4.69, 9.17) is 5.11 Å². The van der Waals surface area contributed by atoms with Gasteiger partial charge < -0.3 is 10.2 Å². The van der Waals surface area contributed by atoms with Crippen molar-refractivity contribution >= 4 is 38.3 Å². The summed E-state index contributed by atoms with van der Waals surface area (Å²) < 4.78 is 83.8. The molecule has 0 unspecified atom stereocenters. The maximum atomic E-state index is 14.5. The summed E-state index contributed by atoms with van der Waals surface area (Å²) in [4.78, 5) is 0. The summed E-state index contributed by atoms with van der Waals surface area (Å²) >= 11 is 1.86. The fraction of sp³-hybridized carbons (Fsp3) is 0.368. The number of hydrogen-bond acceptors (Lipinski definition) is 4. The molecule has 1 atom stereocenters. The number of sulfonamides is 1. The molecule has 0 radical (unpaired) electrons. The molecule has 164 valence electrons. The van der Waals surface area contributed by atoms with Crippen LogP contribution < -0.4 is 4.72 Å². The minimum Gasteiger partial charge on any atom is -0.394 e. The van der Waals surface area contributed by atoms with Crippen LogP contribution in [0.5, 0.6) is 0 Å². The third-order valence-corrected chi connectivity index (χ3v) is 7.94. The molecule has 0 saturated heterocycles. The van der Waals surface area contributed by atoms with Crippen LogP contribution in [0.2, 0.25) is 0 Å². The Labute approximate surface area is 184 Å². The van der Waals surface area contributed by atoms with Gasteiger partial charge in [0.2, 0.25) is 10.0 Å². The second-order valence-corrected chi connectivity index (χ2v) is 10.6. The van der Waals surface area contributed by atoms with E-state index in [0.717, 1.165) is 6.07 Å². The lowest BCUT2D eigenvalue weighted by Crippen LogP contribution is -2.35. The third kappa shape index (κ3) is 4.58. The van der Waals surface area contributed by atoms with Gasteiger partial charge in [0.1, 0.15) is 5.82 Å². The lowest BCUT2D eigenvalue weighted by Gasteiger charge is -2.22. The monoisotopic (exact) mass is 559 g/mol. The summed E-state index contributed by atoms with van der Waals surface area (Å²) in [5, 5.41) is 18.6. The quantitative estimate of drug-likeness (QED) is 0.263. The van der Waals surface area contributed by atoms with Crippen LogP contribution in [0.15, 0.2) is 24.3 Å². The average molecular weight is 559 g/mol. The van der Waals surface area contributed by atoms with E-state index in [1.165, 1.54) is 12.1 Å². The fourth-order valence-electron chi connectivity index (χ4n) is 3.24. The maximum Gasteiger partial charge on any atom is 0.238 e. The predicted octanol–water partition coefficient (Wildman–Crippen LogP) is 3.46. The van der Waals surface area contributed by atoms with Crippen molar-refractivity contribution < 1.29 is 36.2 Å². The minimum absolute atomic E-state index is 0.0726. The Morgan fingerprint density at radius 1 is 1.10 bits per heavy atom. The molecule has 0 aromatic heterocycles. The van der Waals surface area contributed by atoms with Crippen molar-refractivity contribution in [2.75, 3.05) is 11.3 Å². The van der Waals surface area contributed by atoms with Gasteiger partial charge in [-0.15, -0.1) is 0 Å². The molecule has 3 N–H and O–H groups in total. The molecular weight excluding hydrogens is 541 g/mol. The number of anilines is 1. The van der Waals surface area contributed by atoms with Gasteiger partial charge in [0.25, 0.3) is 0 Å². The van der Waals surface area contributed by atoms with Crippen molar-refractivity contribution in [1.29, 1.82) is 0 Å². The van der Waals surface area contributed by atoms with Crippen LogP contribution in [-0.2, 0) is 16.4 Å². The zero-order chi connectivity index (χ0) is 22.3. The van der Waals surface area contributed by atoms with Crippen molar-refractivity contribution in [1.82, 2.24) is 0 Å². The van der Waals surface area contributed by atoms with Crippen LogP contribution in [0.4, 0.5) is 23.2 Å². The Hall–Kier alpha value is -1.44. The van der Waals surface area contributed by atoms with Gasteiger partial charge in [0, 0.05) is 21.6 Å². The van der Waals surface area contributed by atoms with Gasteiger partial charge in [0.15, 0.2) is 17.5 Å². The van der Waals surface area contributed by atoms with E-state index in [-0.39, 0.29) is 30.9 Å². The first-order valence-corrected chi connectivity index (χ1v) is 11.5. The normalized spacial score (nSPS) is 16.4. The van der Waals surface area contributed by atoms with Crippen molar-refractivity contribution in [2.45, 2.75) is 36.5 Å². The van der Waals surface area contributed by atoms with Gasteiger partial charge >= 0.3 is 0 Å². The molecule has 30 heavy (non-hydrogen) atoms. The summed E-state index contributed by atoms with van der Waals surface area (Å²) in [6.45, 7) is -0.659. The Morgan fingerprint density at radius 2 is 1.77 bits per heavy atom. The lowest BCUT2D eigenvalue weighted by atomic mass is 10.0. The van der Waals surface area contributed by atoms with Gasteiger partial charge in [-0.05, 0) is 59.5 Å². The number of nitrogens with one attached hydrogen (secondary N) is 1. The fourth-order valence-corrected chi connectivity index (χ4v) is 5.45. The standard InChI is InChI=1S/C19H18F4INO4S/c20-14-6-11(24)2-1-10(14)5-13-17(23)15(21)7-16(22)18(13)25-30(28,29)19(3-4-19)8-12(27)9-26/h1-2,6-7,12,25-27H,3-5,8-9H2/t12-/m0/s1. The summed E-state index contributed by atoms with van der Waals surface area (Å²) in [6.07, 6.45) is -1.91. The van der Waals surface area contributed by atoms with E-state index in [0.29, 0.717) is 3.57 Å². The molecule has 0 aliphatic heterocycles. The van der Waals surface area contributed by atoms with Crippen molar-refractivity contribution in [2.24, 2.45) is 0 Å². The second-order valence-electron chi connectivity index (χ2n) is 7.25. The number of hydrogen-bond donors (Lipinski definition) is 3. The highest BCUT2D eigenvalue weighted by atomic mass is 127. The number of aliphatic hydroxyl groups excluding tert-OH is 2. The topological polar surface area (TPSA) is 86.6 Å². The molecule has 0 spiro atoms. The smallest absolute Gasteiger partial charge is 0.238 e. The number of rotatable bonds is 8. The minimum atomic E-state index is -4.34. The molecule has 1 aliphatic carbocycles. The third-order valence-electron chi connectivity index (χ3n) is 5.08. The van der Waals surface area contributed by atoms with Crippen molar-refractivity contribution in [3.63, 3.8) is 0 Å². The zero-order valence-electron chi connectivity index (χ0n) is 15.4. The van der Waals surface area contributed by atoms with Crippen LogP contribution in [0.3, 0.4) is 0 Å². The Morgan fingerprint density at radius 3 is 2.33 bits per heavy atom. The number of aliphatic hydroxyl groups is 2. The SMILES string of the molecule is O=S(=O)(Nc1c(F)cc(F)c(F)c1Cc1ccc(I)cc1F)C1(C[C@H](O)CO)CC1. The first-order chi connectivity index (χ1) is 14.0. The first kappa shape index (κ1) is 23.2. The predicted molar refractivity (Wildman–Crippen MR) is 110 cm³/mol. The molecule has 2 aromatic rings. The highest BCUT2D eigenvalue weighted by molar-refractivity contribution is 14.1. The van der Waals surface area contributed by atoms with Crippen molar-refractivity contribution in [3.8, 4) is 0 Å². The molecule has 5 nitrogen and oxygen atoms in total. The molecule has 1 aliphatic rings. The van der Waals surface area contributed by atoms with Crippen LogP contribution in [0.25, 0.3) is 0 Å². The van der Waals surface area contributed by atoms with Crippen molar-refractivity contribution in [3.05, 3.63) is 62.2 Å². The van der Waals surface area contributed by atoms with E-state index < -0.39 is 68.4 Å². The maximum absolute atomic E-state index is 14.5. The van der Waals surface area contributed by atoms with Gasteiger partial charge in [0.05, 0.1) is 23.1 Å². The molecule has 2 aromatic carbocycles. The first-order valence-electron chi connectivity index (χ1n) is 8.91. The molecular formula is C19H18F4INO4S. The van der Waals surface area contributed by atoms with Gasteiger partial charge in [-0.2, -0.15) is 0 Å². The second kappa shape index (κ2) is 8.60. The van der Waals surface area contributed by atoms with Gasteiger partial charge in [-0.3, -0.25) is 4.72 Å². The van der Waals surface area contributed by atoms with E-state index in [2.05, 4.69) is 0 Å². The Bertz CT molecular complexity index is 1080. The molecule has 1 fully saturated rings. The van der Waals surface area contributed by atoms with E-state index in [9.17, 15) is 31.1 Å². The van der Waals surface area contributed by atoms with Gasteiger partial charge in [-0.1, -0.05) is 6.07 Å². The molecule has 11 heteroatoms. The molecule has 0 bridgehead atoms. The van der Waals surface area contributed by atoms with Crippen LogP contribution in [0.1, 0.15) is 30.4 Å².